The fourth-order valence-corrected chi connectivity index (χ4v) is 2.61. The molecular formula is C19H25N5O4. The standard InChI is InChI=1S/C19H25N5O4/c1-5-8-24(12-17-21-22-18(27-17)13-7-6-9-26-13)11-15(25)20-16-10-14(23-28-16)19(2,3)4/h6-7,9-10H,5,8,11-12H2,1-4H3,(H,20,25). The molecule has 0 unspecified atom stereocenters. The minimum Gasteiger partial charge on any atom is -0.459 e. The van der Waals surface area contributed by atoms with Gasteiger partial charge < -0.3 is 13.4 Å². The van der Waals surface area contributed by atoms with E-state index in [9.17, 15) is 4.79 Å². The molecule has 3 rings (SSSR count). The van der Waals surface area contributed by atoms with Crippen LogP contribution in [0.1, 0.15) is 45.7 Å². The van der Waals surface area contributed by atoms with Gasteiger partial charge in [-0.3, -0.25) is 15.0 Å². The van der Waals surface area contributed by atoms with Gasteiger partial charge in [-0.25, -0.2) is 0 Å². The summed E-state index contributed by atoms with van der Waals surface area (Å²) in [5, 5.41) is 14.8. The third-order valence-electron chi connectivity index (χ3n) is 4.01. The predicted octanol–water partition coefficient (Wildman–Crippen LogP) is 3.47. The maximum absolute atomic E-state index is 12.4. The second-order valence-electron chi connectivity index (χ2n) is 7.56. The van der Waals surface area contributed by atoms with Crippen LogP contribution in [0.2, 0.25) is 0 Å². The van der Waals surface area contributed by atoms with Crippen molar-refractivity contribution in [2.45, 2.75) is 46.1 Å². The molecule has 0 radical (unpaired) electrons. The van der Waals surface area contributed by atoms with Crippen molar-refractivity contribution in [2.75, 3.05) is 18.4 Å². The number of nitrogens with zero attached hydrogens (tertiary/aromatic N) is 4. The second kappa shape index (κ2) is 8.39. The molecule has 0 spiro atoms. The van der Waals surface area contributed by atoms with Crippen molar-refractivity contribution in [1.82, 2.24) is 20.3 Å². The van der Waals surface area contributed by atoms with E-state index < -0.39 is 0 Å². The van der Waals surface area contributed by atoms with Gasteiger partial charge in [-0.15, -0.1) is 10.2 Å². The van der Waals surface area contributed by atoms with Gasteiger partial charge in [0.05, 0.1) is 25.0 Å². The van der Waals surface area contributed by atoms with E-state index in [2.05, 4.69) is 20.7 Å². The van der Waals surface area contributed by atoms with Crippen molar-refractivity contribution >= 4 is 11.8 Å². The highest BCUT2D eigenvalue weighted by molar-refractivity contribution is 5.90. The molecular weight excluding hydrogens is 362 g/mol. The lowest BCUT2D eigenvalue weighted by Crippen LogP contribution is -2.33. The van der Waals surface area contributed by atoms with E-state index in [0.29, 0.717) is 36.5 Å². The number of carbonyl (C=O) groups excluding carboxylic acids is 1. The summed E-state index contributed by atoms with van der Waals surface area (Å²) in [7, 11) is 0. The first-order valence-electron chi connectivity index (χ1n) is 9.21. The Labute approximate surface area is 163 Å². The molecule has 1 amide bonds. The van der Waals surface area contributed by atoms with Crippen LogP contribution in [0.15, 0.2) is 37.8 Å². The average molecular weight is 387 g/mol. The molecule has 9 heteroatoms. The fraction of sp³-hybridized carbons (Fsp3) is 0.474. The lowest BCUT2D eigenvalue weighted by Gasteiger charge is -2.18. The van der Waals surface area contributed by atoms with Gasteiger partial charge in [0.1, 0.15) is 0 Å². The first-order valence-corrected chi connectivity index (χ1v) is 9.21. The van der Waals surface area contributed by atoms with Crippen molar-refractivity contribution in [2.24, 2.45) is 0 Å². The molecule has 0 aromatic carbocycles. The first-order chi connectivity index (χ1) is 13.3. The Kier molecular flexibility index (Phi) is 5.93. The summed E-state index contributed by atoms with van der Waals surface area (Å²) in [6.45, 7) is 9.35. The van der Waals surface area contributed by atoms with Gasteiger partial charge in [0.2, 0.25) is 17.7 Å². The zero-order valence-electron chi connectivity index (χ0n) is 16.6. The van der Waals surface area contributed by atoms with Crippen LogP contribution in [0.5, 0.6) is 0 Å². The number of nitrogens with one attached hydrogen (secondary N) is 1. The van der Waals surface area contributed by atoms with Crippen LogP contribution >= 0.6 is 0 Å². The van der Waals surface area contributed by atoms with Gasteiger partial charge in [-0.1, -0.05) is 32.9 Å². The number of furan rings is 1. The van der Waals surface area contributed by atoms with Crippen molar-refractivity contribution < 1.29 is 18.2 Å². The molecule has 3 heterocycles. The number of rotatable bonds is 8. The van der Waals surface area contributed by atoms with E-state index in [1.807, 2.05) is 32.6 Å². The molecule has 3 aromatic heterocycles. The Bertz CT molecular complexity index is 892. The third-order valence-corrected chi connectivity index (χ3v) is 4.01. The van der Waals surface area contributed by atoms with Crippen LogP contribution in [0.25, 0.3) is 11.7 Å². The lowest BCUT2D eigenvalue weighted by atomic mass is 9.92. The molecule has 0 atom stereocenters. The van der Waals surface area contributed by atoms with E-state index in [0.717, 1.165) is 12.1 Å². The molecule has 0 fully saturated rings. The molecule has 0 aliphatic carbocycles. The van der Waals surface area contributed by atoms with Crippen LogP contribution in [0.3, 0.4) is 0 Å². The highest BCUT2D eigenvalue weighted by Crippen LogP contribution is 2.23. The number of hydrogen-bond acceptors (Lipinski definition) is 8. The molecule has 1 N–H and O–H groups in total. The second-order valence-corrected chi connectivity index (χ2v) is 7.56. The Morgan fingerprint density at radius 2 is 2.11 bits per heavy atom. The monoisotopic (exact) mass is 387 g/mol. The Morgan fingerprint density at radius 1 is 1.29 bits per heavy atom. The van der Waals surface area contributed by atoms with Crippen molar-refractivity contribution in [1.29, 1.82) is 0 Å². The zero-order chi connectivity index (χ0) is 20.1. The predicted molar refractivity (Wildman–Crippen MR) is 101 cm³/mol. The van der Waals surface area contributed by atoms with Crippen LogP contribution in [0, 0.1) is 0 Å². The molecule has 0 bridgehead atoms. The SMILES string of the molecule is CCCN(CC(=O)Nc1cc(C(C)(C)C)no1)Cc1nnc(-c2ccco2)o1. The summed E-state index contributed by atoms with van der Waals surface area (Å²) in [6.07, 6.45) is 2.42. The molecule has 150 valence electrons. The number of carbonyl (C=O) groups is 1. The van der Waals surface area contributed by atoms with Crippen LogP contribution in [0.4, 0.5) is 5.88 Å². The topological polar surface area (TPSA) is 110 Å². The van der Waals surface area contributed by atoms with Gasteiger partial charge in [0, 0.05) is 11.5 Å². The average Bonchev–Trinajstić information content (AvgIpc) is 3.35. The van der Waals surface area contributed by atoms with Crippen LogP contribution in [-0.4, -0.2) is 39.3 Å². The molecule has 0 saturated carbocycles. The van der Waals surface area contributed by atoms with Crippen LogP contribution < -0.4 is 5.32 Å². The Balaban J connectivity index is 1.59. The number of aromatic nitrogens is 3. The summed E-state index contributed by atoms with van der Waals surface area (Å²) in [5.41, 5.74) is 0.634. The summed E-state index contributed by atoms with van der Waals surface area (Å²) in [4.78, 5) is 14.3. The minimum atomic E-state index is -0.198. The first kappa shape index (κ1) is 19.8. The summed E-state index contributed by atoms with van der Waals surface area (Å²) >= 11 is 0. The molecule has 0 aliphatic rings. The lowest BCUT2D eigenvalue weighted by molar-refractivity contribution is -0.117. The molecule has 3 aromatic rings. The number of amides is 1. The Morgan fingerprint density at radius 3 is 2.75 bits per heavy atom. The number of anilines is 1. The highest BCUT2D eigenvalue weighted by atomic mass is 16.5. The van der Waals surface area contributed by atoms with E-state index >= 15 is 0 Å². The van der Waals surface area contributed by atoms with Crippen molar-refractivity contribution in [3.05, 3.63) is 36.0 Å². The maximum atomic E-state index is 12.4. The normalized spacial score (nSPS) is 11.9. The molecule has 9 nitrogen and oxygen atoms in total. The maximum Gasteiger partial charge on any atom is 0.283 e. The number of hydrogen-bond donors (Lipinski definition) is 1. The van der Waals surface area contributed by atoms with E-state index in [1.165, 1.54) is 0 Å². The third kappa shape index (κ3) is 5.07. The molecule has 0 aliphatic heterocycles. The highest BCUT2D eigenvalue weighted by Gasteiger charge is 2.21. The van der Waals surface area contributed by atoms with Crippen molar-refractivity contribution in [3.63, 3.8) is 0 Å². The summed E-state index contributed by atoms with van der Waals surface area (Å²) in [5.74, 6) is 1.39. The fourth-order valence-electron chi connectivity index (χ4n) is 2.61. The largest absolute Gasteiger partial charge is 0.459 e. The van der Waals surface area contributed by atoms with Gasteiger partial charge in [-0.2, -0.15) is 0 Å². The van der Waals surface area contributed by atoms with Gasteiger partial charge in [0.15, 0.2) is 5.76 Å². The quantitative estimate of drug-likeness (QED) is 0.625. The van der Waals surface area contributed by atoms with Gasteiger partial charge in [-0.05, 0) is 25.1 Å². The molecule has 28 heavy (non-hydrogen) atoms. The molecule has 0 saturated heterocycles. The van der Waals surface area contributed by atoms with E-state index in [1.54, 1.807) is 24.5 Å². The van der Waals surface area contributed by atoms with Crippen molar-refractivity contribution in [3.8, 4) is 11.7 Å². The van der Waals surface area contributed by atoms with Crippen LogP contribution in [-0.2, 0) is 16.8 Å². The summed E-state index contributed by atoms with van der Waals surface area (Å²) in [6, 6.07) is 5.25. The van der Waals surface area contributed by atoms with E-state index in [4.69, 9.17) is 13.4 Å². The smallest absolute Gasteiger partial charge is 0.283 e. The zero-order valence-corrected chi connectivity index (χ0v) is 16.6. The Hall–Kier alpha value is -2.94. The minimum absolute atomic E-state index is 0.148. The van der Waals surface area contributed by atoms with Gasteiger partial charge in [0.25, 0.3) is 5.89 Å². The van der Waals surface area contributed by atoms with E-state index in [-0.39, 0.29) is 17.9 Å². The van der Waals surface area contributed by atoms with Gasteiger partial charge >= 0.3 is 0 Å². The summed E-state index contributed by atoms with van der Waals surface area (Å²) < 4.78 is 16.1.